The van der Waals surface area contributed by atoms with Crippen molar-refractivity contribution in [1.82, 2.24) is 24.6 Å². The third kappa shape index (κ3) is 8.38. The van der Waals surface area contributed by atoms with Gasteiger partial charge in [0.05, 0.1) is 32.8 Å². The second-order valence-electron chi connectivity index (χ2n) is 16.0. The van der Waals surface area contributed by atoms with Crippen LogP contribution >= 0.6 is 0 Å². The van der Waals surface area contributed by atoms with Crippen LogP contribution in [-0.2, 0) is 19.5 Å². The second-order valence-corrected chi connectivity index (χ2v) is 20.7. The molecule has 3 heterocycles. The summed E-state index contributed by atoms with van der Waals surface area (Å²) in [6.45, 7) is 12.7. The number of hydrogen-bond donors (Lipinski definition) is 2. The molecule has 3 aromatic carbocycles. The van der Waals surface area contributed by atoms with Crippen LogP contribution in [0.15, 0.2) is 90.2 Å². The zero-order chi connectivity index (χ0) is 41.8. The predicted molar refractivity (Wildman–Crippen MR) is 228 cm³/mol. The fraction of sp³-hybridized carbons (Fsp3) is 0.409. The Morgan fingerprint density at radius 3 is 2.05 bits per heavy atom. The summed E-state index contributed by atoms with van der Waals surface area (Å²) < 4.78 is 33.9. The smallest absolute Gasteiger partial charge is 0.192 e. The van der Waals surface area contributed by atoms with Gasteiger partial charge in [-0.1, -0.05) is 81.3 Å². The summed E-state index contributed by atoms with van der Waals surface area (Å²) in [5.74, 6) is 8.57. The lowest BCUT2D eigenvalue weighted by Gasteiger charge is -2.40. The summed E-state index contributed by atoms with van der Waals surface area (Å²) in [7, 11) is 4.56. The van der Waals surface area contributed by atoms with Crippen LogP contribution < -0.4 is 15.2 Å². The molecule has 0 aliphatic carbocycles. The highest BCUT2D eigenvalue weighted by molar-refractivity contribution is 6.74. The van der Waals surface area contributed by atoms with E-state index in [1.807, 2.05) is 105 Å². The summed E-state index contributed by atoms with van der Waals surface area (Å²) in [6.07, 6.45) is -2.34. The monoisotopic (exact) mass is 805 g/mol. The zero-order valence-corrected chi connectivity index (χ0v) is 36.1. The number of aliphatic hydroxyl groups excluding tert-OH is 1. The summed E-state index contributed by atoms with van der Waals surface area (Å²) in [6, 6.07) is 25.6. The molecule has 0 amide bonds. The number of benzene rings is 3. The Hall–Kier alpha value is -5.14. The molecule has 14 heteroatoms. The number of aliphatic imine (C=N–C) groups is 1. The molecule has 0 saturated carbocycles. The van der Waals surface area contributed by atoms with Gasteiger partial charge in [-0.15, -0.1) is 0 Å². The van der Waals surface area contributed by atoms with Gasteiger partial charge in [-0.05, 0) is 71.9 Å². The lowest BCUT2D eigenvalue weighted by molar-refractivity contribution is -0.0963. The number of hydrogen-bond acceptors (Lipinski definition) is 11. The quantitative estimate of drug-likeness (QED) is 0.0473. The van der Waals surface area contributed by atoms with E-state index >= 15 is 0 Å². The SMILES string of the molecule is COc1ccc(C(OC[C@H]2O[C@@H](n3nc(C#CCN)c4c(/N=C(\C)N(C)C)ncnc43)[C@H](O[Si](C)(C)C(C)(C)C)[C@@H]2O)(c2ccccc2)c2ccc(OC)cc2)cc1. The molecule has 1 fully saturated rings. The van der Waals surface area contributed by atoms with Gasteiger partial charge in [0.1, 0.15) is 53.3 Å². The molecule has 6 rings (SSSR count). The predicted octanol–water partition coefficient (Wildman–Crippen LogP) is 6.42. The number of fused-ring (bicyclic) bond motifs is 1. The molecule has 0 bridgehead atoms. The number of methoxy groups -OCH3 is 2. The van der Waals surface area contributed by atoms with Crippen molar-refractivity contribution < 1.29 is 28.5 Å². The molecule has 58 heavy (non-hydrogen) atoms. The van der Waals surface area contributed by atoms with Gasteiger partial charge in [0.25, 0.3) is 0 Å². The Kier molecular flexibility index (Phi) is 12.7. The Morgan fingerprint density at radius 1 is 0.931 bits per heavy atom. The van der Waals surface area contributed by atoms with Crippen molar-refractivity contribution in [2.24, 2.45) is 10.7 Å². The maximum atomic E-state index is 12.4. The van der Waals surface area contributed by atoms with Gasteiger partial charge in [-0.2, -0.15) is 5.10 Å². The fourth-order valence-electron chi connectivity index (χ4n) is 6.67. The van der Waals surface area contributed by atoms with Crippen molar-refractivity contribution in [1.29, 1.82) is 0 Å². The Balaban J connectivity index is 1.49. The van der Waals surface area contributed by atoms with Gasteiger partial charge >= 0.3 is 0 Å². The molecule has 1 saturated heterocycles. The van der Waals surface area contributed by atoms with E-state index in [9.17, 15) is 5.11 Å². The molecule has 1 aliphatic heterocycles. The minimum Gasteiger partial charge on any atom is -0.497 e. The zero-order valence-electron chi connectivity index (χ0n) is 35.1. The Bertz CT molecular complexity index is 2210. The molecule has 2 aromatic heterocycles. The number of rotatable bonds is 12. The minimum absolute atomic E-state index is 0.0342. The average Bonchev–Trinajstić information content (AvgIpc) is 3.74. The van der Waals surface area contributed by atoms with Crippen LogP contribution in [0.2, 0.25) is 18.1 Å². The highest BCUT2D eigenvalue weighted by Gasteiger charge is 2.52. The first-order valence-electron chi connectivity index (χ1n) is 19.3. The van der Waals surface area contributed by atoms with E-state index in [2.05, 4.69) is 55.7 Å². The van der Waals surface area contributed by atoms with E-state index in [1.165, 1.54) is 6.33 Å². The van der Waals surface area contributed by atoms with E-state index in [1.54, 1.807) is 18.9 Å². The number of aromatic nitrogens is 4. The molecule has 0 unspecified atom stereocenters. The molecule has 5 aromatic rings. The molecule has 3 N–H and O–H groups in total. The fourth-order valence-corrected chi connectivity index (χ4v) is 7.96. The molecule has 306 valence electrons. The number of nitrogens with zero attached hydrogens (tertiary/aromatic N) is 6. The molecular weight excluding hydrogens is 751 g/mol. The van der Waals surface area contributed by atoms with Crippen LogP contribution in [0, 0.1) is 11.8 Å². The third-order valence-electron chi connectivity index (χ3n) is 11.1. The van der Waals surface area contributed by atoms with Crippen molar-refractivity contribution in [2.45, 2.75) is 76.0 Å². The van der Waals surface area contributed by atoms with Crippen molar-refractivity contribution in [3.63, 3.8) is 0 Å². The standard InChI is InChI=1S/C44H55N7O6Si/c1-29(50(5)6)48-40-37-35(17-14-26-45)49-51(41(37)47-28-46-40)42-39(57-58(9,10)43(2,3)4)38(52)36(56-42)27-55-44(30-15-12-11-13-16-30,31-18-22-33(53-7)23-19-31)32-20-24-34(54-8)25-21-32/h11-13,15-16,18-25,28,36,38-39,42,52H,26-27,45H2,1-10H3/b48-29+/t36-,38-,39-,42-/m1/s1. The van der Waals surface area contributed by atoms with Crippen LogP contribution in [0.1, 0.15) is 56.3 Å². The van der Waals surface area contributed by atoms with Crippen LogP contribution in [0.3, 0.4) is 0 Å². The van der Waals surface area contributed by atoms with Crippen LogP contribution in [-0.4, -0.2) is 104 Å². The first-order chi connectivity index (χ1) is 27.6. The van der Waals surface area contributed by atoms with Gasteiger partial charge in [0.15, 0.2) is 26.0 Å². The van der Waals surface area contributed by atoms with E-state index < -0.39 is 38.5 Å². The lowest BCUT2D eigenvalue weighted by atomic mass is 9.80. The van der Waals surface area contributed by atoms with E-state index in [0.717, 1.165) is 22.5 Å². The van der Waals surface area contributed by atoms with Crippen molar-refractivity contribution >= 4 is 31.0 Å². The maximum absolute atomic E-state index is 12.4. The van der Waals surface area contributed by atoms with Crippen LogP contribution in [0.4, 0.5) is 5.82 Å². The van der Waals surface area contributed by atoms with Crippen molar-refractivity contribution in [3.05, 3.63) is 108 Å². The molecular formula is C44H55N7O6Si. The highest BCUT2D eigenvalue weighted by atomic mass is 28.4. The summed E-state index contributed by atoms with van der Waals surface area (Å²) in [5, 5.41) is 17.7. The number of ether oxygens (including phenoxy) is 4. The van der Waals surface area contributed by atoms with Gasteiger partial charge in [0.2, 0.25) is 0 Å². The van der Waals surface area contributed by atoms with Gasteiger partial charge in [-0.3, -0.25) is 0 Å². The second kappa shape index (κ2) is 17.4. The molecule has 0 radical (unpaired) electrons. The number of nitrogens with two attached hydrogens (primary N) is 1. The average molecular weight is 806 g/mol. The summed E-state index contributed by atoms with van der Waals surface area (Å²) in [5.41, 5.74) is 8.07. The van der Waals surface area contributed by atoms with Gasteiger partial charge in [-0.25, -0.2) is 19.6 Å². The van der Waals surface area contributed by atoms with Crippen LogP contribution in [0.25, 0.3) is 11.0 Å². The molecule has 4 atom stereocenters. The highest BCUT2D eigenvalue weighted by Crippen LogP contribution is 2.45. The number of aliphatic hydroxyl groups is 1. The lowest BCUT2D eigenvalue weighted by Crippen LogP contribution is -2.49. The van der Waals surface area contributed by atoms with E-state index in [0.29, 0.717) is 34.0 Å². The Labute approximate surface area is 342 Å². The first-order valence-corrected chi connectivity index (χ1v) is 22.2. The maximum Gasteiger partial charge on any atom is 0.192 e. The van der Waals surface area contributed by atoms with Gasteiger partial charge < -0.3 is 39.1 Å². The number of amidine groups is 1. The summed E-state index contributed by atoms with van der Waals surface area (Å²) >= 11 is 0. The summed E-state index contributed by atoms with van der Waals surface area (Å²) in [4.78, 5) is 15.9. The molecule has 1 aliphatic rings. The minimum atomic E-state index is -2.53. The molecule has 13 nitrogen and oxygen atoms in total. The first kappa shape index (κ1) is 42.5. The third-order valence-corrected chi connectivity index (χ3v) is 15.6. The Morgan fingerprint density at radius 2 is 1.52 bits per heavy atom. The van der Waals surface area contributed by atoms with Crippen molar-refractivity contribution in [2.75, 3.05) is 41.5 Å². The van der Waals surface area contributed by atoms with Crippen molar-refractivity contribution in [3.8, 4) is 23.3 Å². The van der Waals surface area contributed by atoms with Gasteiger partial charge in [0, 0.05) is 14.1 Å². The normalized spacial score (nSPS) is 18.9. The topological polar surface area (TPSA) is 152 Å². The largest absolute Gasteiger partial charge is 0.497 e. The van der Waals surface area contributed by atoms with E-state index in [-0.39, 0.29) is 18.2 Å². The van der Waals surface area contributed by atoms with Crippen LogP contribution in [0.5, 0.6) is 11.5 Å². The molecule has 0 spiro atoms. The van der Waals surface area contributed by atoms with E-state index in [4.69, 9.17) is 39.2 Å².